The molecule has 0 unspecified atom stereocenters. The van der Waals surface area contributed by atoms with Crippen LogP contribution in [0.5, 0.6) is 0 Å². The SMILES string of the molecule is CCCn1nccc1-c1ccc(C[C@@H]2CCN(C(C)C)C2)cn1. The fourth-order valence-electron chi connectivity index (χ4n) is 3.47. The monoisotopic (exact) mass is 312 g/mol. The van der Waals surface area contributed by atoms with E-state index in [9.17, 15) is 0 Å². The van der Waals surface area contributed by atoms with Gasteiger partial charge in [-0.1, -0.05) is 13.0 Å². The van der Waals surface area contributed by atoms with Gasteiger partial charge in [0.2, 0.25) is 0 Å². The molecule has 1 atom stereocenters. The van der Waals surface area contributed by atoms with Crippen molar-refractivity contribution < 1.29 is 0 Å². The molecule has 0 N–H and O–H groups in total. The number of aryl methyl sites for hydroxylation is 1. The van der Waals surface area contributed by atoms with E-state index in [0.29, 0.717) is 6.04 Å². The van der Waals surface area contributed by atoms with E-state index in [-0.39, 0.29) is 0 Å². The van der Waals surface area contributed by atoms with Crippen LogP contribution in [-0.4, -0.2) is 38.8 Å². The zero-order valence-corrected chi connectivity index (χ0v) is 14.6. The van der Waals surface area contributed by atoms with Crippen molar-refractivity contribution in [3.05, 3.63) is 36.2 Å². The highest BCUT2D eigenvalue weighted by atomic mass is 15.3. The zero-order valence-electron chi connectivity index (χ0n) is 14.6. The lowest BCUT2D eigenvalue weighted by molar-refractivity contribution is 0.265. The molecule has 0 saturated carbocycles. The summed E-state index contributed by atoms with van der Waals surface area (Å²) in [5.74, 6) is 0.774. The summed E-state index contributed by atoms with van der Waals surface area (Å²) in [6.07, 6.45) is 7.45. The van der Waals surface area contributed by atoms with Gasteiger partial charge in [-0.15, -0.1) is 0 Å². The third-order valence-electron chi connectivity index (χ3n) is 4.81. The van der Waals surface area contributed by atoms with Crippen LogP contribution in [-0.2, 0) is 13.0 Å². The molecule has 1 aliphatic heterocycles. The van der Waals surface area contributed by atoms with Crippen molar-refractivity contribution in [2.45, 2.75) is 52.6 Å². The maximum atomic E-state index is 4.69. The molecule has 0 bridgehead atoms. The third kappa shape index (κ3) is 3.81. The normalized spacial score (nSPS) is 18.9. The molecule has 1 aliphatic rings. The van der Waals surface area contributed by atoms with Crippen LogP contribution in [0.1, 0.15) is 39.2 Å². The standard InChI is InChI=1S/C19H28N4/c1-4-10-23-19(7-9-21-23)18-6-5-16(13-20-18)12-17-8-11-22(14-17)15(2)3/h5-7,9,13,15,17H,4,8,10-12,14H2,1-3H3/t17-/m0/s1. The van der Waals surface area contributed by atoms with Gasteiger partial charge in [0.15, 0.2) is 0 Å². The second-order valence-electron chi connectivity index (χ2n) is 6.94. The van der Waals surface area contributed by atoms with Gasteiger partial charge in [0, 0.05) is 31.5 Å². The number of nitrogens with zero attached hydrogens (tertiary/aromatic N) is 4. The van der Waals surface area contributed by atoms with Gasteiger partial charge in [-0.3, -0.25) is 9.67 Å². The van der Waals surface area contributed by atoms with E-state index in [4.69, 9.17) is 0 Å². The highest BCUT2D eigenvalue weighted by Gasteiger charge is 2.24. The molecule has 0 amide bonds. The molecular formula is C19H28N4. The zero-order chi connectivity index (χ0) is 16.2. The minimum atomic E-state index is 0.666. The van der Waals surface area contributed by atoms with Gasteiger partial charge in [0.25, 0.3) is 0 Å². The number of hydrogen-bond acceptors (Lipinski definition) is 3. The van der Waals surface area contributed by atoms with E-state index in [0.717, 1.165) is 36.7 Å². The van der Waals surface area contributed by atoms with Crippen LogP contribution < -0.4 is 0 Å². The Kier molecular flexibility index (Phi) is 5.11. The van der Waals surface area contributed by atoms with Crippen LogP contribution in [0.25, 0.3) is 11.4 Å². The van der Waals surface area contributed by atoms with Gasteiger partial charge in [0.05, 0.1) is 11.4 Å². The minimum Gasteiger partial charge on any atom is -0.301 e. The maximum absolute atomic E-state index is 4.69. The highest BCUT2D eigenvalue weighted by Crippen LogP contribution is 2.23. The average molecular weight is 312 g/mol. The maximum Gasteiger partial charge on any atom is 0.0883 e. The number of rotatable bonds is 6. The van der Waals surface area contributed by atoms with Gasteiger partial charge in [-0.2, -0.15) is 5.10 Å². The van der Waals surface area contributed by atoms with Crippen LogP contribution in [0.4, 0.5) is 0 Å². The van der Waals surface area contributed by atoms with Gasteiger partial charge < -0.3 is 4.90 Å². The molecule has 2 aromatic heterocycles. The highest BCUT2D eigenvalue weighted by molar-refractivity contribution is 5.54. The van der Waals surface area contributed by atoms with E-state index in [1.54, 1.807) is 0 Å². The molecule has 0 aliphatic carbocycles. The van der Waals surface area contributed by atoms with Crippen molar-refractivity contribution in [3.8, 4) is 11.4 Å². The van der Waals surface area contributed by atoms with E-state index in [1.165, 1.54) is 25.1 Å². The fraction of sp³-hybridized carbons (Fsp3) is 0.579. The molecule has 1 saturated heterocycles. The molecule has 4 nitrogen and oxygen atoms in total. The molecule has 124 valence electrons. The summed E-state index contributed by atoms with van der Waals surface area (Å²) in [6.45, 7) is 10.2. The van der Waals surface area contributed by atoms with E-state index in [1.807, 2.05) is 10.9 Å². The van der Waals surface area contributed by atoms with E-state index >= 15 is 0 Å². The summed E-state index contributed by atoms with van der Waals surface area (Å²) in [5, 5.41) is 4.38. The Balaban J connectivity index is 1.65. The topological polar surface area (TPSA) is 34.0 Å². The lowest BCUT2D eigenvalue weighted by Crippen LogP contribution is -2.28. The first-order valence-electron chi connectivity index (χ1n) is 8.88. The Morgan fingerprint density at radius 1 is 1.26 bits per heavy atom. The summed E-state index contributed by atoms with van der Waals surface area (Å²) in [6, 6.07) is 7.10. The first-order valence-corrected chi connectivity index (χ1v) is 8.88. The van der Waals surface area contributed by atoms with Crippen LogP contribution in [0, 0.1) is 5.92 Å². The molecule has 23 heavy (non-hydrogen) atoms. The summed E-state index contributed by atoms with van der Waals surface area (Å²) < 4.78 is 2.04. The van der Waals surface area contributed by atoms with Crippen molar-refractivity contribution in [1.29, 1.82) is 0 Å². The molecule has 0 aromatic carbocycles. The number of likely N-dealkylation sites (tertiary alicyclic amines) is 1. The van der Waals surface area contributed by atoms with E-state index < -0.39 is 0 Å². The molecule has 4 heteroatoms. The summed E-state index contributed by atoms with van der Waals surface area (Å²) in [4.78, 5) is 7.26. The number of pyridine rings is 1. The third-order valence-corrected chi connectivity index (χ3v) is 4.81. The summed E-state index contributed by atoms with van der Waals surface area (Å²) >= 11 is 0. The fourth-order valence-corrected chi connectivity index (χ4v) is 3.47. The van der Waals surface area contributed by atoms with E-state index in [2.05, 4.69) is 60.1 Å². The van der Waals surface area contributed by atoms with Crippen molar-refractivity contribution in [2.24, 2.45) is 5.92 Å². The van der Waals surface area contributed by atoms with Gasteiger partial charge in [-0.25, -0.2) is 0 Å². The lowest BCUT2D eigenvalue weighted by Gasteiger charge is -2.20. The van der Waals surface area contributed by atoms with Crippen LogP contribution in [0.3, 0.4) is 0 Å². The molecular weight excluding hydrogens is 284 g/mol. The quantitative estimate of drug-likeness (QED) is 0.817. The van der Waals surface area contributed by atoms with Crippen LogP contribution in [0.15, 0.2) is 30.6 Å². The summed E-state index contributed by atoms with van der Waals surface area (Å²) in [7, 11) is 0. The Bertz CT molecular complexity index is 615. The Morgan fingerprint density at radius 2 is 2.13 bits per heavy atom. The Labute approximate surface area is 139 Å². The predicted octanol–water partition coefficient (Wildman–Crippen LogP) is 3.63. The van der Waals surface area contributed by atoms with Crippen molar-refractivity contribution in [1.82, 2.24) is 19.7 Å². The van der Waals surface area contributed by atoms with Gasteiger partial charge in [0.1, 0.15) is 0 Å². The summed E-state index contributed by atoms with van der Waals surface area (Å²) in [5.41, 5.74) is 3.49. The Hall–Kier alpha value is -1.68. The second-order valence-corrected chi connectivity index (χ2v) is 6.94. The molecule has 2 aromatic rings. The minimum absolute atomic E-state index is 0.666. The van der Waals surface area contributed by atoms with Crippen molar-refractivity contribution in [2.75, 3.05) is 13.1 Å². The Morgan fingerprint density at radius 3 is 2.78 bits per heavy atom. The smallest absolute Gasteiger partial charge is 0.0883 e. The molecule has 3 heterocycles. The number of hydrogen-bond donors (Lipinski definition) is 0. The van der Waals surface area contributed by atoms with Crippen LogP contribution in [0.2, 0.25) is 0 Å². The van der Waals surface area contributed by atoms with Crippen LogP contribution >= 0.6 is 0 Å². The van der Waals surface area contributed by atoms with Crippen molar-refractivity contribution in [3.63, 3.8) is 0 Å². The van der Waals surface area contributed by atoms with Gasteiger partial charge in [-0.05, 0) is 63.3 Å². The lowest BCUT2D eigenvalue weighted by atomic mass is 9.99. The number of aromatic nitrogens is 3. The predicted molar refractivity (Wildman–Crippen MR) is 94.3 cm³/mol. The molecule has 0 spiro atoms. The largest absolute Gasteiger partial charge is 0.301 e. The molecule has 0 radical (unpaired) electrons. The average Bonchev–Trinajstić information content (AvgIpc) is 3.18. The van der Waals surface area contributed by atoms with Crippen molar-refractivity contribution >= 4 is 0 Å². The van der Waals surface area contributed by atoms with Gasteiger partial charge >= 0.3 is 0 Å². The first-order chi connectivity index (χ1) is 11.2. The first kappa shape index (κ1) is 16.2. The molecule has 3 rings (SSSR count). The molecule has 1 fully saturated rings. The second kappa shape index (κ2) is 7.26.